The van der Waals surface area contributed by atoms with E-state index in [9.17, 15) is 0 Å². The minimum absolute atomic E-state index is 0.576. The summed E-state index contributed by atoms with van der Waals surface area (Å²) in [5.41, 5.74) is 1.44. The van der Waals surface area contributed by atoms with E-state index in [-0.39, 0.29) is 0 Å². The molecule has 0 aliphatic carbocycles. The molecule has 0 amide bonds. The van der Waals surface area contributed by atoms with Crippen molar-refractivity contribution in [1.82, 2.24) is 5.32 Å². The van der Waals surface area contributed by atoms with Crippen LogP contribution in [-0.4, -0.2) is 25.8 Å². The summed E-state index contributed by atoms with van der Waals surface area (Å²) in [6.07, 6.45) is 3.66. The summed E-state index contributed by atoms with van der Waals surface area (Å²) >= 11 is 0. The molecular formula is C15H23NO. The van der Waals surface area contributed by atoms with Crippen molar-refractivity contribution in [2.24, 2.45) is 0 Å². The summed E-state index contributed by atoms with van der Waals surface area (Å²) < 4.78 is 5.46. The van der Waals surface area contributed by atoms with E-state index < -0.39 is 0 Å². The lowest BCUT2D eigenvalue weighted by molar-refractivity contribution is 0.0704. The van der Waals surface area contributed by atoms with Gasteiger partial charge in [0.1, 0.15) is 0 Å². The number of benzene rings is 1. The first-order valence-corrected chi connectivity index (χ1v) is 6.72. The Kier molecular flexibility index (Phi) is 5.02. The fourth-order valence-electron chi connectivity index (χ4n) is 2.35. The highest BCUT2D eigenvalue weighted by Crippen LogP contribution is 2.17. The fraction of sp³-hybridized carbons (Fsp3) is 0.600. The van der Waals surface area contributed by atoms with Crippen molar-refractivity contribution in [2.75, 3.05) is 19.8 Å². The third kappa shape index (κ3) is 4.14. The van der Waals surface area contributed by atoms with Crippen LogP contribution in [0.3, 0.4) is 0 Å². The third-order valence-corrected chi connectivity index (χ3v) is 3.54. The predicted octanol–water partition coefficient (Wildman–Crippen LogP) is 2.95. The van der Waals surface area contributed by atoms with E-state index in [0.29, 0.717) is 12.0 Å². The van der Waals surface area contributed by atoms with E-state index in [2.05, 4.69) is 42.6 Å². The Morgan fingerprint density at radius 3 is 2.88 bits per heavy atom. The number of ether oxygens (including phenoxy) is 1. The molecule has 1 N–H and O–H groups in total. The van der Waals surface area contributed by atoms with Crippen LogP contribution >= 0.6 is 0 Å². The molecule has 2 atom stereocenters. The normalized spacial score (nSPS) is 22.3. The van der Waals surface area contributed by atoms with Gasteiger partial charge in [-0.3, -0.25) is 0 Å². The van der Waals surface area contributed by atoms with Gasteiger partial charge < -0.3 is 10.1 Å². The molecule has 2 heteroatoms. The minimum atomic E-state index is 0.576. The van der Waals surface area contributed by atoms with Crippen LogP contribution in [0.4, 0.5) is 0 Å². The van der Waals surface area contributed by atoms with Crippen LogP contribution in [-0.2, 0) is 4.74 Å². The molecule has 0 bridgehead atoms. The predicted molar refractivity (Wildman–Crippen MR) is 71.3 cm³/mol. The molecule has 1 heterocycles. The second kappa shape index (κ2) is 6.77. The molecule has 1 aliphatic heterocycles. The van der Waals surface area contributed by atoms with Crippen molar-refractivity contribution in [3.63, 3.8) is 0 Å². The van der Waals surface area contributed by atoms with Crippen LogP contribution in [0.5, 0.6) is 0 Å². The molecular weight excluding hydrogens is 210 g/mol. The van der Waals surface area contributed by atoms with E-state index in [1.165, 1.54) is 24.8 Å². The molecule has 1 aromatic rings. The highest BCUT2D eigenvalue weighted by Gasteiger charge is 2.13. The van der Waals surface area contributed by atoms with Gasteiger partial charge >= 0.3 is 0 Å². The maximum absolute atomic E-state index is 5.46. The second-order valence-corrected chi connectivity index (χ2v) is 4.97. The van der Waals surface area contributed by atoms with Crippen molar-refractivity contribution in [2.45, 2.75) is 38.1 Å². The quantitative estimate of drug-likeness (QED) is 0.844. The van der Waals surface area contributed by atoms with Gasteiger partial charge in [-0.05, 0) is 37.3 Å². The monoisotopic (exact) mass is 233 g/mol. The Morgan fingerprint density at radius 2 is 2.18 bits per heavy atom. The first kappa shape index (κ1) is 12.6. The van der Waals surface area contributed by atoms with Gasteiger partial charge in [0.05, 0.1) is 6.61 Å². The molecule has 0 spiro atoms. The first-order valence-electron chi connectivity index (χ1n) is 6.72. The summed E-state index contributed by atoms with van der Waals surface area (Å²) in [6, 6.07) is 11.3. The van der Waals surface area contributed by atoms with Crippen molar-refractivity contribution in [3.8, 4) is 0 Å². The van der Waals surface area contributed by atoms with E-state index in [4.69, 9.17) is 4.74 Å². The third-order valence-electron chi connectivity index (χ3n) is 3.54. The number of hydrogen-bond donors (Lipinski definition) is 1. The van der Waals surface area contributed by atoms with Gasteiger partial charge in [0.15, 0.2) is 0 Å². The van der Waals surface area contributed by atoms with Gasteiger partial charge in [0.2, 0.25) is 0 Å². The lowest BCUT2D eigenvalue weighted by Crippen LogP contribution is -2.37. The van der Waals surface area contributed by atoms with Crippen LogP contribution in [0.1, 0.15) is 37.7 Å². The lowest BCUT2D eigenvalue weighted by atomic mass is 9.98. The number of hydrogen-bond acceptors (Lipinski definition) is 2. The summed E-state index contributed by atoms with van der Waals surface area (Å²) in [6.45, 7) is 5.22. The van der Waals surface area contributed by atoms with Crippen molar-refractivity contribution in [1.29, 1.82) is 0 Å². The zero-order valence-corrected chi connectivity index (χ0v) is 10.7. The Hall–Kier alpha value is -0.860. The second-order valence-electron chi connectivity index (χ2n) is 4.97. The number of rotatable bonds is 5. The van der Waals surface area contributed by atoms with E-state index in [1.807, 2.05) is 0 Å². The first-order chi connectivity index (χ1) is 8.36. The molecule has 1 aromatic carbocycles. The van der Waals surface area contributed by atoms with Gasteiger partial charge in [0, 0.05) is 12.6 Å². The molecule has 1 aliphatic rings. The molecule has 94 valence electrons. The molecule has 1 fully saturated rings. The topological polar surface area (TPSA) is 21.3 Å². The zero-order valence-electron chi connectivity index (χ0n) is 10.7. The summed E-state index contributed by atoms with van der Waals surface area (Å²) in [5.74, 6) is 0.633. The Morgan fingerprint density at radius 1 is 1.35 bits per heavy atom. The Bertz CT molecular complexity index is 306. The smallest absolute Gasteiger partial charge is 0.0619 e. The minimum Gasteiger partial charge on any atom is -0.380 e. The fourth-order valence-corrected chi connectivity index (χ4v) is 2.35. The highest BCUT2D eigenvalue weighted by molar-refractivity contribution is 5.18. The Labute approximate surface area is 104 Å². The molecule has 2 unspecified atom stereocenters. The Balaban J connectivity index is 1.67. The van der Waals surface area contributed by atoms with E-state index in [1.54, 1.807) is 0 Å². The molecule has 2 nitrogen and oxygen atoms in total. The maximum Gasteiger partial charge on any atom is 0.0619 e. The molecule has 17 heavy (non-hydrogen) atoms. The molecule has 2 rings (SSSR count). The average molecular weight is 233 g/mol. The summed E-state index contributed by atoms with van der Waals surface area (Å²) in [5, 5.41) is 3.60. The average Bonchev–Trinajstić information content (AvgIpc) is 2.41. The molecule has 0 saturated carbocycles. The van der Waals surface area contributed by atoms with Crippen LogP contribution < -0.4 is 5.32 Å². The lowest BCUT2D eigenvalue weighted by Gasteiger charge is -2.24. The summed E-state index contributed by atoms with van der Waals surface area (Å²) in [4.78, 5) is 0. The van der Waals surface area contributed by atoms with Gasteiger partial charge in [-0.2, -0.15) is 0 Å². The van der Waals surface area contributed by atoms with E-state index >= 15 is 0 Å². The van der Waals surface area contributed by atoms with Crippen molar-refractivity contribution >= 4 is 0 Å². The van der Waals surface area contributed by atoms with Gasteiger partial charge in [-0.25, -0.2) is 0 Å². The zero-order chi connectivity index (χ0) is 11.9. The van der Waals surface area contributed by atoms with Gasteiger partial charge in [-0.15, -0.1) is 0 Å². The highest BCUT2D eigenvalue weighted by atomic mass is 16.5. The van der Waals surface area contributed by atoms with Crippen LogP contribution in [0.25, 0.3) is 0 Å². The van der Waals surface area contributed by atoms with Crippen LogP contribution in [0.15, 0.2) is 30.3 Å². The van der Waals surface area contributed by atoms with Crippen LogP contribution in [0.2, 0.25) is 0 Å². The maximum atomic E-state index is 5.46. The molecule has 0 aromatic heterocycles. The molecule has 0 radical (unpaired) electrons. The van der Waals surface area contributed by atoms with Crippen LogP contribution in [0, 0.1) is 0 Å². The SMILES string of the molecule is CC(CCNC1CCCOC1)c1ccccc1. The largest absolute Gasteiger partial charge is 0.380 e. The van der Waals surface area contributed by atoms with Gasteiger partial charge in [0.25, 0.3) is 0 Å². The van der Waals surface area contributed by atoms with Crippen molar-refractivity contribution < 1.29 is 4.74 Å². The van der Waals surface area contributed by atoms with E-state index in [0.717, 1.165) is 19.8 Å². The molecule has 1 saturated heterocycles. The number of nitrogens with one attached hydrogen (secondary N) is 1. The standard InChI is InChI=1S/C15H23NO/c1-13(14-6-3-2-4-7-14)9-10-16-15-8-5-11-17-12-15/h2-4,6-7,13,15-16H,5,8-12H2,1H3. The summed E-state index contributed by atoms with van der Waals surface area (Å²) in [7, 11) is 0. The van der Waals surface area contributed by atoms with Gasteiger partial charge in [-0.1, -0.05) is 37.3 Å². The van der Waals surface area contributed by atoms with Crippen molar-refractivity contribution in [3.05, 3.63) is 35.9 Å².